The number of carboxylic acids is 2. The molecule has 0 saturated carbocycles. The van der Waals surface area contributed by atoms with Crippen LogP contribution in [0.4, 0.5) is 0 Å². The zero-order valence-electron chi connectivity index (χ0n) is 11.4. The van der Waals surface area contributed by atoms with Crippen LogP contribution in [0.15, 0.2) is 18.2 Å². The highest BCUT2D eigenvalue weighted by atomic mass is 28.4. The Morgan fingerprint density at radius 1 is 1.00 bits per heavy atom. The summed E-state index contributed by atoms with van der Waals surface area (Å²) < 4.78 is 15.7. The fourth-order valence-electron chi connectivity index (χ4n) is 1.78. The molecule has 7 nitrogen and oxygen atoms in total. The zero-order chi connectivity index (χ0) is 15.3. The monoisotopic (exact) mass is 300 g/mol. The molecule has 0 amide bonds. The standard InChI is InChI=1S/C12H16O7Si/c1-17-20(18-2,19-3)7-8-4-5-9(11(13)14)10(6-8)12(15)16/h4-6H,7H2,1-3H3,(H,13,14)(H,15,16). The molecule has 0 fully saturated rings. The Morgan fingerprint density at radius 2 is 1.50 bits per heavy atom. The predicted molar refractivity (Wildman–Crippen MR) is 70.8 cm³/mol. The summed E-state index contributed by atoms with van der Waals surface area (Å²) in [4.78, 5) is 22.1. The van der Waals surface area contributed by atoms with E-state index in [0.717, 1.165) is 0 Å². The lowest BCUT2D eigenvalue weighted by molar-refractivity contribution is 0.0651. The van der Waals surface area contributed by atoms with Gasteiger partial charge >= 0.3 is 20.7 Å². The maximum absolute atomic E-state index is 11.1. The van der Waals surface area contributed by atoms with E-state index >= 15 is 0 Å². The Kier molecular flexibility index (Phi) is 5.40. The normalized spacial score (nSPS) is 11.3. The van der Waals surface area contributed by atoms with Crippen molar-refractivity contribution in [3.05, 3.63) is 34.9 Å². The molecule has 2 N–H and O–H groups in total. The van der Waals surface area contributed by atoms with Gasteiger partial charge in [-0.1, -0.05) is 6.07 Å². The van der Waals surface area contributed by atoms with Crippen molar-refractivity contribution in [2.24, 2.45) is 0 Å². The van der Waals surface area contributed by atoms with E-state index < -0.39 is 20.7 Å². The Hall–Kier alpha value is -1.74. The molecule has 1 aromatic rings. The SMILES string of the molecule is CO[Si](Cc1ccc(C(=O)O)c(C(=O)O)c1)(OC)OC. The fourth-order valence-corrected chi connectivity index (χ4v) is 3.43. The van der Waals surface area contributed by atoms with Gasteiger partial charge in [0, 0.05) is 27.4 Å². The molecular formula is C12H16O7Si. The minimum absolute atomic E-state index is 0.247. The van der Waals surface area contributed by atoms with Crippen LogP contribution in [0.25, 0.3) is 0 Å². The molecule has 0 aliphatic carbocycles. The van der Waals surface area contributed by atoms with Gasteiger partial charge in [0.1, 0.15) is 0 Å². The van der Waals surface area contributed by atoms with E-state index in [2.05, 4.69) is 0 Å². The van der Waals surface area contributed by atoms with E-state index in [4.69, 9.17) is 23.5 Å². The van der Waals surface area contributed by atoms with Crippen LogP contribution in [0.2, 0.25) is 0 Å². The molecule has 0 aliphatic heterocycles. The second kappa shape index (κ2) is 6.62. The molecule has 0 bridgehead atoms. The Labute approximate surface area is 117 Å². The van der Waals surface area contributed by atoms with Gasteiger partial charge in [-0.15, -0.1) is 0 Å². The van der Waals surface area contributed by atoms with E-state index in [0.29, 0.717) is 5.56 Å². The van der Waals surface area contributed by atoms with E-state index in [1.54, 1.807) is 0 Å². The van der Waals surface area contributed by atoms with Gasteiger partial charge < -0.3 is 23.5 Å². The molecule has 1 rings (SSSR count). The number of carbonyl (C=O) groups is 2. The molecule has 1 aromatic carbocycles. The summed E-state index contributed by atoms with van der Waals surface area (Å²) in [6.45, 7) is 0. The van der Waals surface area contributed by atoms with Crippen molar-refractivity contribution in [1.82, 2.24) is 0 Å². The van der Waals surface area contributed by atoms with Crippen molar-refractivity contribution in [2.75, 3.05) is 21.3 Å². The maximum Gasteiger partial charge on any atom is 0.504 e. The third-order valence-electron chi connectivity index (χ3n) is 2.90. The number of hydrogen-bond donors (Lipinski definition) is 2. The van der Waals surface area contributed by atoms with Gasteiger partial charge in [0.15, 0.2) is 0 Å². The van der Waals surface area contributed by atoms with Crippen molar-refractivity contribution < 1.29 is 33.1 Å². The minimum atomic E-state index is -2.90. The molecule has 110 valence electrons. The molecule has 0 unspecified atom stereocenters. The summed E-state index contributed by atoms with van der Waals surface area (Å²) in [5.41, 5.74) is 0.0339. The van der Waals surface area contributed by atoms with Crippen LogP contribution in [-0.2, 0) is 19.3 Å². The molecule has 0 heterocycles. The van der Waals surface area contributed by atoms with Crippen LogP contribution < -0.4 is 0 Å². The topological polar surface area (TPSA) is 102 Å². The smallest absolute Gasteiger partial charge is 0.478 e. The van der Waals surface area contributed by atoms with Gasteiger partial charge in [0.2, 0.25) is 0 Å². The first-order chi connectivity index (χ1) is 9.39. The molecular weight excluding hydrogens is 284 g/mol. The third-order valence-corrected chi connectivity index (χ3v) is 5.61. The second-order valence-electron chi connectivity index (χ2n) is 3.96. The van der Waals surface area contributed by atoms with E-state index in [-0.39, 0.29) is 17.2 Å². The summed E-state index contributed by atoms with van der Waals surface area (Å²) in [6, 6.07) is 4.32. The summed E-state index contributed by atoms with van der Waals surface area (Å²) in [5.74, 6) is -2.59. The predicted octanol–water partition coefficient (Wildman–Crippen LogP) is 1.04. The largest absolute Gasteiger partial charge is 0.504 e. The average molecular weight is 300 g/mol. The van der Waals surface area contributed by atoms with Gasteiger partial charge in [-0.2, -0.15) is 0 Å². The number of hydrogen-bond acceptors (Lipinski definition) is 5. The van der Waals surface area contributed by atoms with E-state index in [1.165, 1.54) is 39.5 Å². The molecule has 0 aliphatic rings. The van der Waals surface area contributed by atoms with Gasteiger partial charge in [-0.05, 0) is 17.7 Å². The third kappa shape index (κ3) is 3.42. The molecule has 0 saturated heterocycles. The number of rotatable bonds is 7. The van der Waals surface area contributed by atoms with Crippen molar-refractivity contribution in [3.63, 3.8) is 0 Å². The molecule has 0 radical (unpaired) electrons. The molecule has 20 heavy (non-hydrogen) atoms. The second-order valence-corrected chi connectivity index (χ2v) is 6.91. The summed E-state index contributed by atoms with van der Waals surface area (Å²) in [5, 5.41) is 18.0. The van der Waals surface area contributed by atoms with Gasteiger partial charge in [0.25, 0.3) is 0 Å². The van der Waals surface area contributed by atoms with Gasteiger partial charge in [0.05, 0.1) is 11.1 Å². The van der Waals surface area contributed by atoms with Crippen molar-refractivity contribution in [1.29, 1.82) is 0 Å². The highest BCUT2D eigenvalue weighted by molar-refractivity contribution is 6.60. The zero-order valence-corrected chi connectivity index (χ0v) is 12.4. The van der Waals surface area contributed by atoms with Crippen LogP contribution in [0, 0.1) is 0 Å². The summed E-state index contributed by atoms with van der Waals surface area (Å²) in [6.07, 6.45) is 0. The lowest BCUT2D eigenvalue weighted by Gasteiger charge is -2.24. The van der Waals surface area contributed by atoms with E-state index in [9.17, 15) is 9.59 Å². The van der Waals surface area contributed by atoms with Gasteiger partial charge in [-0.25, -0.2) is 9.59 Å². The first-order valence-electron chi connectivity index (χ1n) is 5.64. The molecule has 0 spiro atoms. The van der Waals surface area contributed by atoms with Crippen LogP contribution in [0.3, 0.4) is 0 Å². The number of aromatic carboxylic acids is 2. The highest BCUT2D eigenvalue weighted by Gasteiger charge is 2.38. The summed E-state index contributed by atoms with van der Waals surface area (Å²) >= 11 is 0. The average Bonchev–Trinajstić information content (AvgIpc) is 2.44. The number of benzene rings is 1. The van der Waals surface area contributed by atoms with Crippen LogP contribution >= 0.6 is 0 Å². The molecule has 0 aromatic heterocycles. The minimum Gasteiger partial charge on any atom is -0.478 e. The lowest BCUT2D eigenvalue weighted by atomic mass is 10.0. The van der Waals surface area contributed by atoms with E-state index in [1.807, 2.05) is 0 Å². The number of carboxylic acid groups (broad SMARTS) is 2. The Morgan fingerprint density at radius 3 is 1.90 bits per heavy atom. The van der Waals surface area contributed by atoms with Crippen molar-refractivity contribution in [2.45, 2.75) is 6.04 Å². The van der Waals surface area contributed by atoms with Crippen LogP contribution in [0.5, 0.6) is 0 Å². The van der Waals surface area contributed by atoms with Crippen LogP contribution in [0.1, 0.15) is 26.3 Å². The lowest BCUT2D eigenvalue weighted by Crippen LogP contribution is -2.45. The first kappa shape index (κ1) is 16.3. The molecule has 8 heteroatoms. The Bertz CT molecular complexity index is 502. The fraction of sp³-hybridized carbons (Fsp3) is 0.333. The van der Waals surface area contributed by atoms with Crippen LogP contribution in [-0.4, -0.2) is 52.3 Å². The first-order valence-corrected chi connectivity index (χ1v) is 7.57. The maximum atomic E-state index is 11.1. The van der Waals surface area contributed by atoms with Crippen molar-refractivity contribution >= 4 is 20.7 Å². The van der Waals surface area contributed by atoms with Crippen molar-refractivity contribution in [3.8, 4) is 0 Å². The highest BCUT2D eigenvalue weighted by Crippen LogP contribution is 2.18. The summed E-state index contributed by atoms with van der Waals surface area (Å²) in [7, 11) is 1.44. The van der Waals surface area contributed by atoms with Gasteiger partial charge in [-0.3, -0.25) is 0 Å². The quantitative estimate of drug-likeness (QED) is 0.725. The Balaban J connectivity index is 3.19. The molecule has 0 atom stereocenters.